The van der Waals surface area contributed by atoms with E-state index in [9.17, 15) is 14.4 Å². The normalized spacial score (nSPS) is 11.8. The molecular weight excluding hydrogens is 236 g/mol. The number of hydrogen-bond donors (Lipinski definition) is 3. The summed E-state index contributed by atoms with van der Waals surface area (Å²) in [6, 6.07) is 2.93. The number of rotatable bonds is 6. The number of carbonyl (C=O) groups excluding carboxylic acids is 1. The lowest BCUT2D eigenvalue weighted by Crippen LogP contribution is -2.35. The van der Waals surface area contributed by atoms with Gasteiger partial charge in [0.15, 0.2) is 0 Å². The first kappa shape index (κ1) is 14.0. The number of aliphatic carboxylic acids is 1. The second kappa shape index (κ2) is 6.58. The van der Waals surface area contributed by atoms with E-state index in [0.29, 0.717) is 6.42 Å². The van der Waals surface area contributed by atoms with Gasteiger partial charge in [0, 0.05) is 12.7 Å². The summed E-state index contributed by atoms with van der Waals surface area (Å²) in [5.41, 5.74) is -0.504. The molecule has 18 heavy (non-hydrogen) atoms. The predicted octanol–water partition coefficient (Wildman–Crippen LogP) is 0.606. The van der Waals surface area contributed by atoms with Crippen molar-refractivity contribution in [2.24, 2.45) is 5.92 Å². The van der Waals surface area contributed by atoms with Crippen LogP contribution >= 0.6 is 0 Å². The van der Waals surface area contributed by atoms with E-state index in [2.05, 4.69) is 10.3 Å². The molecule has 0 aromatic carbocycles. The molecule has 0 saturated carbocycles. The molecule has 1 atom stereocenters. The number of carboxylic acids is 1. The van der Waals surface area contributed by atoms with Crippen LogP contribution in [0.4, 0.5) is 0 Å². The zero-order valence-electron chi connectivity index (χ0n) is 10.1. The molecular formula is C12H16N2O4. The third-order valence-corrected chi connectivity index (χ3v) is 2.56. The summed E-state index contributed by atoms with van der Waals surface area (Å²) < 4.78 is 0. The fourth-order valence-electron chi connectivity index (χ4n) is 1.57. The monoisotopic (exact) mass is 252 g/mol. The van der Waals surface area contributed by atoms with Crippen molar-refractivity contribution < 1.29 is 14.7 Å². The van der Waals surface area contributed by atoms with Gasteiger partial charge in [0.2, 0.25) is 0 Å². The average Bonchev–Trinajstić information content (AvgIpc) is 2.34. The summed E-state index contributed by atoms with van der Waals surface area (Å²) in [4.78, 5) is 36.3. The summed E-state index contributed by atoms with van der Waals surface area (Å²) in [5, 5.41) is 11.4. The Labute approximate surface area is 104 Å². The van der Waals surface area contributed by atoms with Crippen LogP contribution in [0.5, 0.6) is 0 Å². The summed E-state index contributed by atoms with van der Waals surface area (Å²) in [5.74, 6) is -2.12. The Bertz CT molecular complexity index is 481. The molecule has 6 heteroatoms. The van der Waals surface area contributed by atoms with Crippen LogP contribution < -0.4 is 10.9 Å². The molecule has 0 bridgehead atoms. The van der Waals surface area contributed by atoms with Gasteiger partial charge < -0.3 is 15.4 Å². The van der Waals surface area contributed by atoms with Crippen LogP contribution in [0.3, 0.4) is 0 Å². The molecule has 1 amide bonds. The first-order valence-electron chi connectivity index (χ1n) is 5.75. The molecule has 0 spiro atoms. The van der Waals surface area contributed by atoms with Gasteiger partial charge in [0.25, 0.3) is 11.5 Å². The van der Waals surface area contributed by atoms with E-state index in [1.54, 1.807) is 0 Å². The highest BCUT2D eigenvalue weighted by Crippen LogP contribution is 2.05. The molecule has 1 unspecified atom stereocenters. The molecule has 0 radical (unpaired) electrons. The van der Waals surface area contributed by atoms with E-state index >= 15 is 0 Å². The van der Waals surface area contributed by atoms with Crippen LogP contribution in [0, 0.1) is 5.92 Å². The molecule has 1 aromatic rings. The van der Waals surface area contributed by atoms with Crippen molar-refractivity contribution in [1.82, 2.24) is 10.3 Å². The standard InChI is InChI=1S/C12H16N2O4/c1-2-4-8(12(17)18)7-14-11(16)9-5-3-6-13-10(9)15/h3,5-6,8H,2,4,7H2,1H3,(H,13,15)(H,14,16)(H,17,18). The molecule has 3 N–H and O–H groups in total. The number of aromatic amines is 1. The number of aromatic nitrogens is 1. The van der Waals surface area contributed by atoms with Gasteiger partial charge in [0.1, 0.15) is 5.56 Å². The third kappa shape index (κ3) is 3.73. The van der Waals surface area contributed by atoms with E-state index in [1.807, 2.05) is 6.92 Å². The minimum absolute atomic E-state index is 0.0156. The lowest BCUT2D eigenvalue weighted by molar-refractivity contribution is -0.141. The van der Waals surface area contributed by atoms with Crippen LogP contribution in [0.1, 0.15) is 30.1 Å². The molecule has 6 nitrogen and oxygen atoms in total. The Morgan fingerprint density at radius 2 is 2.22 bits per heavy atom. The predicted molar refractivity (Wildman–Crippen MR) is 65.4 cm³/mol. The van der Waals surface area contributed by atoms with Crippen LogP contribution in [-0.2, 0) is 4.79 Å². The third-order valence-electron chi connectivity index (χ3n) is 2.56. The molecule has 0 aliphatic carbocycles. The first-order valence-corrected chi connectivity index (χ1v) is 5.75. The lowest BCUT2D eigenvalue weighted by atomic mass is 10.0. The minimum atomic E-state index is -0.945. The number of hydrogen-bond acceptors (Lipinski definition) is 3. The highest BCUT2D eigenvalue weighted by molar-refractivity contribution is 5.93. The quantitative estimate of drug-likeness (QED) is 0.690. The fourth-order valence-corrected chi connectivity index (χ4v) is 1.57. The molecule has 1 aromatic heterocycles. The van der Waals surface area contributed by atoms with Gasteiger partial charge >= 0.3 is 5.97 Å². The van der Waals surface area contributed by atoms with Crippen LogP contribution in [0.15, 0.2) is 23.1 Å². The van der Waals surface area contributed by atoms with E-state index < -0.39 is 23.4 Å². The van der Waals surface area contributed by atoms with Gasteiger partial charge in [0.05, 0.1) is 5.92 Å². The summed E-state index contributed by atoms with van der Waals surface area (Å²) >= 11 is 0. The van der Waals surface area contributed by atoms with E-state index in [0.717, 1.165) is 6.42 Å². The Morgan fingerprint density at radius 1 is 1.50 bits per heavy atom. The zero-order valence-corrected chi connectivity index (χ0v) is 10.1. The Balaban J connectivity index is 2.63. The minimum Gasteiger partial charge on any atom is -0.481 e. The van der Waals surface area contributed by atoms with Gasteiger partial charge in [-0.15, -0.1) is 0 Å². The number of amides is 1. The maximum atomic E-state index is 11.7. The van der Waals surface area contributed by atoms with Crippen molar-refractivity contribution in [3.63, 3.8) is 0 Å². The second-order valence-corrected chi connectivity index (χ2v) is 3.95. The number of carbonyl (C=O) groups is 2. The molecule has 0 aliphatic heterocycles. The number of carboxylic acid groups (broad SMARTS) is 1. The van der Waals surface area contributed by atoms with Crippen molar-refractivity contribution >= 4 is 11.9 Å². The van der Waals surface area contributed by atoms with E-state index in [4.69, 9.17) is 5.11 Å². The van der Waals surface area contributed by atoms with E-state index in [-0.39, 0.29) is 12.1 Å². The van der Waals surface area contributed by atoms with Crippen molar-refractivity contribution in [3.8, 4) is 0 Å². The number of H-pyrrole nitrogens is 1. The van der Waals surface area contributed by atoms with Gasteiger partial charge in [-0.1, -0.05) is 13.3 Å². The van der Waals surface area contributed by atoms with Crippen LogP contribution in [-0.4, -0.2) is 28.5 Å². The Kier molecular flexibility index (Phi) is 5.10. The Hall–Kier alpha value is -2.11. The van der Waals surface area contributed by atoms with Gasteiger partial charge in [-0.2, -0.15) is 0 Å². The maximum Gasteiger partial charge on any atom is 0.308 e. The average molecular weight is 252 g/mol. The second-order valence-electron chi connectivity index (χ2n) is 3.95. The SMILES string of the molecule is CCCC(CNC(=O)c1ccc[nH]c1=O)C(=O)O. The first-order chi connectivity index (χ1) is 8.56. The summed E-state index contributed by atoms with van der Waals surface area (Å²) in [6.07, 6.45) is 2.63. The molecule has 0 fully saturated rings. The highest BCUT2D eigenvalue weighted by atomic mass is 16.4. The van der Waals surface area contributed by atoms with Gasteiger partial charge in [-0.05, 0) is 18.6 Å². The summed E-state index contributed by atoms with van der Waals surface area (Å²) in [7, 11) is 0. The maximum absolute atomic E-state index is 11.7. The fraction of sp³-hybridized carbons (Fsp3) is 0.417. The van der Waals surface area contributed by atoms with Crippen molar-refractivity contribution in [2.45, 2.75) is 19.8 Å². The van der Waals surface area contributed by atoms with Crippen molar-refractivity contribution in [3.05, 3.63) is 34.2 Å². The molecule has 0 saturated heterocycles. The number of pyridine rings is 1. The van der Waals surface area contributed by atoms with Gasteiger partial charge in [-0.25, -0.2) is 0 Å². The molecule has 98 valence electrons. The van der Waals surface area contributed by atoms with Gasteiger partial charge in [-0.3, -0.25) is 14.4 Å². The lowest BCUT2D eigenvalue weighted by Gasteiger charge is -2.11. The number of nitrogens with one attached hydrogen (secondary N) is 2. The molecule has 0 aliphatic rings. The zero-order chi connectivity index (χ0) is 13.5. The highest BCUT2D eigenvalue weighted by Gasteiger charge is 2.18. The van der Waals surface area contributed by atoms with Crippen molar-refractivity contribution in [1.29, 1.82) is 0 Å². The van der Waals surface area contributed by atoms with Crippen LogP contribution in [0.2, 0.25) is 0 Å². The largest absolute Gasteiger partial charge is 0.481 e. The van der Waals surface area contributed by atoms with Crippen LogP contribution in [0.25, 0.3) is 0 Å². The topological polar surface area (TPSA) is 99.3 Å². The summed E-state index contributed by atoms with van der Waals surface area (Å²) in [6.45, 7) is 1.90. The molecule has 1 rings (SSSR count). The smallest absolute Gasteiger partial charge is 0.308 e. The van der Waals surface area contributed by atoms with Crippen molar-refractivity contribution in [2.75, 3.05) is 6.54 Å². The van der Waals surface area contributed by atoms with E-state index in [1.165, 1.54) is 18.3 Å². The Morgan fingerprint density at radius 3 is 2.78 bits per heavy atom. The molecule has 1 heterocycles.